The van der Waals surface area contributed by atoms with Gasteiger partial charge in [0.25, 0.3) is 0 Å². The molecule has 0 saturated carbocycles. The standard InChI is InChI=1S/C12H19N5O4/c1-16-7-14-15-10(16)3-4-13-12(20)17-6-8(21-2)5-9(17)11(18)19/h7-9H,3-6H2,1-2H3,(H,13,20)(H,18,19). The monoisotopic (exact) mass is 297 g/mol. The molecule has 9 heteroatoms. The summed E-state index contributed by atoms with van der Waals surface area (Å²) in [6.07, 6.45) is 2.18. The molecule has 2 heterocycles. The van der Waals surface area contributed by atoms with Gasteiger partial charge >= 0.3 is 12.0 Å². The van der Waals surface area contributed by atoms with Crippen molar-refractivity contribution in [2.75, 3.05) is 20.2 Å². The van der Waals surface area contributed by atoms with Gasteiger partial charge in [-0.2, -0.15) is 0 Å². The highest BCUT2D eigenvalue weighted by atomic mass is 16.5. The zero-order valence-electron chi connectivity index (χ0n) is 12.0. The Morgan fingerprint density at radius 1 is 1.57 bits per heavy atom. The number of nitrogens with one attached hydrogen (secondary N) is 1. The number of amides is 2. The Morgan fingerprint density at radius 3 is 2.90 bits per heavy atom. The second kappa shape index (κ2) is 6.53. The second-order valence-electron chi connectivity index (χ2n) is 4.94. The Hall–Kier alpha value is -2.16. The molecule has 2 N–H and O–H groups in total. The fourth-order valence-electron chi connectivity index (χ4n) is 2.34. The van der Waals surface area contributed by atoms with Crippen LogP contribution >= 0.6 is 0 Å². The fraction of sp³-hybridized carbons (Fsp3) is 0.667. The Kier molecular flexibility index (Phi) is 4.73. The Bertz CT molecular complexity index is 518. The second-order valence-corrected chi connectivity index (χ2v) is 4.94. The largest absolute Gasteiger partial charge is 0.480 e. The summed E-state index contributed by atoms with van der Waals surface area (Å²) in [6, 6.07) is -1.24. The third kappa shape index (κ3) is 3.48. The predicted molar refractivity (Wildman–Crippen MR) is 71.6 cm³/mol. The normalized spacial score (nSPS) is 21.5. The quantitative estimate of drug-likeness (QED) is 0.739. The summed E-state index contributed by atoms with van der Waals surface area (Å²) in [7, 11) is 3.33. The van der Waals surface area contributed by atoms with Crippen molar-refractivity contribution in [3.8, 4) is 0 Å². The van der Waals surface area contributed by atoms with Gasteiger partial charge in [0, 0.05) is 40.1 Å². The summed E-state index contributed by atoms with van der Waals surface area (Å²) in [5.74, 6) is -0.265. The van der Waals surface area contributed by atoms with Gasteiger partial charge in [-0.15, -0.1) is 10.2 Å². The van der Waals surface area contributed by atoms with Crippen LogP contribution in [-0.2, 0) is 23.0 Å². The molecule has 1 aliphatic heterocycles. The van der Waals surface area contributed by atoms with E-state index < -0.39 is 18.0 Å². The number of carbonyl (C=O) groups is 2. The average Bonchev–Trinajstić information content (AvgIpc) is 3.05. The van der Waals surface area contributed by atoms with E-state index in [0.717, 1.165) is 5.82 Å². The van der Waals surface area contributed by atoms with E-state index in [1.807, 2.05) is 7.05 Å². The van der Waals surface area contributed by atoms with Crippen LogP contribution in [-0.4, -0.2) is 69.1 Å². The highest BCUT2D eigenvalue weighted by Gasteiger charge is 2.39. The lowest BCUT2D eigenvalue weighted by Gasteiger charge is -2.21. The first kappa shape index (κ1) is 15.2. The number of methoxy groups -OCH3 is 1. The molecule has 2 unspecified atom stereocenters. The molecule has 0 bridgehead atoms. The third-order valence-corrected chi connectivity index (χ3v) is 3.57. The maximum absolute atomic E-state index is 12.1. The van der Waals surface area contributed by atoms with E-state index >= 15 is 0 Å². The fourth-order valence-corrected chi connectivity index (χ4v) is 2.34. The molecule has 2 rings (SSSR count). The molecule has 0 aliphatic carbocycles. The molecular formula is C12H19N5O4. The minimum Gasteiger partial charge on any atom is -0.480 e. The maximum atomic E-state index is 12.1. The molecular weight excluding hydrogens is 278 g/mol. The number of ether oxygens (including phenoxy) is 1. The lowest BCUT2D eigenvalue weighted by atomic mass is 10.2. The maximum Gasteiger partial charge on any atom is 0.326 e. The number of likely N-dealkylation sites (tertiary alicyclic amines) is 1. The van der Waals surface area contributed by atoms with Gasteiger partial charge in [-0.25, -0.2) is 9.59 Å². The van der Waals surface area contributed by atoms with E-state index in [0.29, 0.717) is 19.4 Å². The average molecular weight is 297 g/mol. The highest BCUT2D eigenvalue weighted by molar-refractivity contribution is 5.83. The molecule has 0 radical (unpaired) electrons. The van der Waals surface area contributed by atoms with Gasteiger partial charge in [0.1, 0.15) is 18.2 Å². The van der Waals surface area contributed by atoms with Crippen LogP contribution in [0.4, 0.5) is 4.79 Å². The van der Waals surface area contributed by atoms with Crippen LogP contribution in [0.2, 0.25) is 0 Å². The van der Waals surface area contributed by atoms with Crippen LogP contribution in [0, 0.1) is 0 Å². The molecule has 116 valence electrons. The number of carboxylic acids is 1. The number of aryl methyl sites for hydroxylation is 1. The first-order valence-corrected chi connectivity index (χ1v) is 6.66. The molecule has 0 spiro atoms. The van der Waals surface area contributed by atoms with Crippen molar-refractivity contribution in [2.45, 2.75) is 25.0 Å². The zero-order chi connectivity index (χ0) is 15.4. The summed E-state index contributed by atoms with van der Waals surface area (Å²) >= 11 is 0. The van der Waals surface area contributed by atoms with Gasteiger partial charge in [0.2, 0.25) is 0 Å². The molecule has 1 aromatic rings. The first-order valence-electron chi connectivity index (χ1n) is 6.66. The Balaban J connectivity index is 1.87. The minimum atomic E-state index is -1.02. The molecule has 1 fully saturated rings. The molecule has 1 aromatic heterocycles. The molecule has 9 nitrogen and oxygen atoms in total. The van der Waals surface area contributed by atoms with E-state index in [4.69, 9.17) is 9.84 Å². The zero-order valence-corrected chi connectivity index (χ0v) is 12.0. The molecule has 2 atom stereocenters. The summed E-state index contributed by atoms with van der Waals surface area (Å²) in [5.41, 5.74) is 0. The van der Waals surface area contributed by atoms with Crippen LogP contribution in [0.15, 0.2) is 6.33 Å². The molecule has 2 amide bonds. The number of aliphatic carboxylic acids is 1. The molecule has 21 heavy (non-hydrogen) atoms. The summed E-state index contributed by atoms with van der Waals surface area (Å²) in [6.45, 7) is 0.648. The number of carbonyl (C=O) groups excluding carboxylic acids is 1. The number of carboxylic acid groups (broad SMARTS) is 1. The van der Waals surface area contributed by atoms with Crippen molar-refractivity contribution < 1.29 is 19.4 Å². The smallest absolute Gasteiger partial charge is 0.326 e. The minimum absolute atomic E-state index is 0.240. The van der Waals surface area contributed by atoms with Crippen molar-refractivity contribution in [3.63, 3.8) is 0 Å². The van der Waals surface area contributed by atoms with Crippen LogP contribution in [0.25, 0.3) is 0 Å². The predicted octanol–water partition coefficient (Wildman–Crippen LogP) is -0.759. The van der Waals surface area contributed by atoms with Crippen LogP contribution < -0.4 is 5.32 Å². The molecule has 0 aromatic carbocycles. The SMILES string of the molecule is COC1CC(C(=O)O)N(C(=O)NCCc2nncn2C)C1. The van der Waals surface area contributed by atoms with Crippen LogP contribution in [0.1, 0.15) is 12.2 Å². The third-order valence-electron chi connectivity index (χ3n) is 3.57. The van der Waals surface area contributed by atoms with E-state index in [-0.39, 0.29) is 12.6 Å². The van der Waals surface area contributed by atoms with Gasteiger partial charge in [-0.05, 0) is 0 Å². The van der Waals surface area contributed by atoms with Crippen molar-refractivity contribution in [1.29, 1.82) is 0 Å². The van der Waals surface area contributed by atoms with E-state index in [9.17, 15) is 9.59 Å². The number of nitrogens with zero attached hydrogens (tertiary/aromatic N) is 4. The number of aromatic nitrogens is 3. The van der Waals surface area contributed by atoms with Crippen molar-refractivity contribution in [2.24, 2.45) is 7.05 Å². The Morgan fingerprint density at radius 2 is 2.33 bits per heavy atom. The number of hydrogen-bond acceptors (Lipinski definition) is 5. The molecule has 1 aliphatic rings. The summed E-state index contributed by atoms with van der Waals surface area (Å²) in [4.78, 5) is 24.6. The van der Waals surface area contributed by atoms with Crippen molar-refractivity contribution in [1.82, 2.24) is 25.0 Å². The van der Waals surface area contributed by atoms with Gasteiger partial charge in [-0.1, -0.05) is 0 Å². The first-order chi connectivity index (χ1) is 10.0. The van der Waals surface area contributed by atoms with E-state index in [1.165, 1.54) is 12.0 Å². The van der Waals surface area contributed by atoms with Gasteiger partial charge < -0.3 is 24.6 Å². The van der Waals surface area contributed by atoms with Crippen LogP contribution in [0.5, 0.6) is 0 Å². The van der Waals surface area contributed by atoms with E-state index in [2.05, 4.69) is 15.5 Å². The summed E-state index contributed by atoms with van der Waals surface area (Å²) in [5, 5.41) is 19.5. The Labute approximate surface area is 121 Å². The van der Waals surface area contributed by atoms with Gasteiger partial charge in [-0.3, -0.25) is 0 Å². The number of urea groups is 1. The van der Waals surface area contributed by atoms with Crippen molar-refractivity contribution >= 4 is 12.0 Å². The number of hydrogen-bond donors (Lipinski definition) is 2. The lowest BCUT2D eigenvalue weighted by molar-refractivity contribution is -0.141. The van der Waals surface area contributed by atoms with E-state index in [1.54, 1.807) is 10.9 Å². The van der Waals surface area contributed by atoms with Gasteiger partial charge in [0.15, 0.2) is 0 Å². The van der Waals surface area contributed by atoms with Gasteiger partial charge in [0.05, 0.1) is 6.10 Å². The topological polar surface area (TPSA) is 110 Å². The van der Waals surface area contributed by atoms with Crippen molar-refractivity contribution in [3.05, 3.63) is 12.2 Å². The number of rotatable bonds is 5. The summed E-state index contributed by atoms with van der Waals surface area (Å²) < 4.78 is 6.91. The molecule has 1 saturated heterocycles. The highest BCUT2D eigenvalue weighted by Crippen LogP contribution is 2.20. The van der Waals surface area contributed by atoms with Crippen LogP contribution in [0.3, 0.4) is 0 Å². The lowest BCUT2D eigenvalue weighted by Crippen LogP contribution is -2.46.